The van der Waals surface area contributed by atoms with E-state index >= 15 is 0 Å². The van der Waals surface area contributed by atoms with Gasteiger partial charge in [0.2, 0.25) is 15.9 Å². The summed E-state index contributed by atoms with van der Waals surface area (Å²) in [6.07, 6.45) is 1.25. The molecular formula is C20H18FN3O5S. The number of amides is 3. The van der Waals surface area contributed by atoms with Crippen LogP contribution in [0.15, 0.2) is 53.4 Å². The van der Waals surface area contributed by atoms with Crippen LogP contribution in [0.1, 0.15) is 29.6 Å². The second-order valence-corrected chi connectivity index (χ2v) is 8.84. The average molecular weight is 431 g/mol. The van der Waals surface area contributed by atoms with Crippen molar-refractivity contribution < 1.29 is 27.2 Å². The van der Waals surface area contributed by atoms with Crippen molar-refractivity contribution in [3.8, 4) is 0 Å². The molecule has 8 nitrogen and oxygen atoms in total. The lowest BCUT2D eigenvalue weighted by Crippen LogP contribution is -2.46. The van der Waals surface area contributed by atoms with Crippen LogP contribution in [-0.2, 0) is 19.6 Å². The van der Waals surface area contributed by atoms with Crippen LogP contribution in [0.3, 0.4) is 0 Å². The second kappa shape index (κ2) is 7.29. The Morgan fingerprint density at radius 1 is 1.03 bits per heavy atom. The predicted octanol–water partition coefficient (Wildman–Crippen LogP) is 1.41. The van der Waals surface area contributed by atoms with E-state index in [2.05, 4.69) is 0 Å². The topological polar surface area (TPSA) is 118 Å². The Balaban J connectivity index is 1.62. The summed E-state index contributed by atoms with van der Waals surface area (Å²) < 4.78 is 36.0. The number of anilines is 1. The molecule has 2 aliphatic rings. The van der Waals surface area contributed by atoms with Gasteiger partial charge in [0.1, 0.15) is 11.9 Å². The first-order chi connectivity index (χ1) is 14.2. The van der Waals surface area contributed by atoms with Crippen LogP contribution in [-0.4, -0.2) is 43.1 Å². The monoisotopic (exact) mass is 431 g/mol. The molecule has 30 heavy (non-hydrogen) atoms. The summed E-state index contributed by atoms with van der Waals surface area (Å²) in [6, 6.07) is 8.95. The van der Waals surface area contributed by atoms with E-state index in [1.165, 1.54) is 53.4 Å². The summed E-state index contributed by atoms with van der Waals surface area (Å²) in [5.74, 6) is -1.97. The fourth-order valence-electron chi connectivity index (χ4n) is 3.55. The molecule has 1 unspecified atom stereocenters. The lowest BCUT2D eigenvalue weighted by atomic mass is 10.1. The molecular weight excluding hydrogens is 413 g/mol. The van der Waals surface area contributed by atoms with Crippen molar-refractivity contribution in [3.63, 3.8) is 0 Å². The molecule has 0 aromatic heterocycles. The van der Waals surface area contributed by atoms with Crippen LogP contribution in [0.4, 0.5) is 10.1 Å². The van der Waals surface area contributed by atoms with Gasteiger partial charge in [-0.2, -0.15) is 0 Å². The molecule has 1 aliphatic carbocycles. The summed E-state index contributed by atoms with van der Waals surface area (Å²) in [5.41, 5.74) is 0.435. The smallest absolute Gasteiger partial charge is 0.257 e. The summed E-state index contributed by atoms with van der Waals surface area (Å²) in [6.45, 7) is 0. The number of nitrogens with zero attached hydrogens (tertiary/aromatic N) is 2. The van der Waals surface area contributed by atoms with E-state index in [9.17, 15) is 27.2 Å². The van der Waals surface area contributed by atoms with Crippen LogP contribution >= 0.6 is 0 Å². The molecule has 1 atom stereocenters. The molecule has 1 saturated heterocycles. The maximum absolute atomic E-state index is 13.2. The Kier molecular flexibility index (Phi) is 4.91. The Morgan fingerprint density at radius 3 is 2.17 bits per heavy atom. The number of halogens is 1. The molecule has 0 bridgehead atoms. The Hall–Kier alpha value is -3.11. The lowest BCUT2D eigenvalue weighted by molar-refractivity contribution is -0.122. The first kappa shape index (κ1) is 20.2. The van der Waals surface area contributed by atoms with E-state index in [0.717, 1.165) is 4.90 Å². The highest BCUT2D eigenvalue weighted by atomic mass is 32.2. The molecule has 2 aromatic carbocycles. The van der Waals surface area contributed by atoms with Crippen LogP contribution in [0.25, 0.3) is 0 Å². The van der Waals surface area contributed by atoms with Crippen LogP contribution in [0.2, 0.25) is 0 Å². The van der Waals surface area contributed by atoms with E-state index in [-0.39, 0.29) is 28.6 Å². The van der Waals surface area contributed by atoms with Gasteiger partial charge >= 0.3 is 0 Å². The Morgan fingerprint density at radius 2 is 1.63 bits per heavy atom. The number of hydrogen-bond acceptors (Lipinski definition) is 5. The fraction of sp³-hybridized carbons (Fsp3) is 0.250. The lowest BCUT2D eigenvalue weighted by Gasteiger charge is -2.27. The molecule has 2 aromatic rings. The van der Waals surface area contributed by atoms with E-state index in [0.29, 0.717) is 12.8 Å². The highest BCUT2D eigenvalue weighted by Gasteiger charge is 2.48. The first-order valence-electron chi connectivity index (χ1n) is 9.25. The SMILES string of the molecule is NS(=O)(=O)c1ccc(N2C(=O)CC(N(C(=O)c3ccc(F)cc3)C3CC3)C2=O)cc1. The zero-order valence-electron chi connectivity index (χ0n) is 15.7. The van der Waals surface area contributed by atoms with Gasteiger partial charge in [-0.25, -0.2) is 22.8 Å². The minimum absolute atomic E-state index is 0.145. The fourth-order valence-corrected chi connectivity index (χ4v) is 4.06. The Bertz CT molecular complexity index is 1130. The minimum Gasteiger partial charge on any atom is -0.323 e. The molecule has 0 spiro atoms. The van der Waals surface area contributed by atoms with Crippen LogP contribution < -0.4 is 10.0 Å². The molecule has 156 valence electrons. The quantitative estimate of drug-likeness (QED) is 0.718. The number of imide groups is 1. The van der Waals surface area contributed by atoms with Crippen LogP contribution in [0.5, 0.6) is 0 Å². The zero-order valence-corrected chi connectivity index (χ0v) is 16.5. The molecule has 0 radical (unpaired) electrons. The maximum Gasteiger partial charge on any atom is 0.257 e. The van der Waals surface area contributed by atoms with Gasteiger partial charge in [-0.05, 0) is 61.4 Å². The maximum atomic E-state index is 13.2. The molecule has 1 aliphatic heterocycles. The van der Waals surface area contributed by atoms with Gasteiger partial charge in [-0.1, -0.05) is 0 Å². The number of rotatable bonds is 5. The first-order valence-corrected chi connectivity index (χ1v) is 10.8. The van der Waals surface area contributed by atoms with Crippen molar-refractivity contribution in [1.82, 2.24) is 4.90 Å². The minimum atomic E-state index is -3.91. The molecule has 4 rings (SSSR count). The molecule has 3 amide bonds. The average Bonchev–Trinajstić information content (AvgIpc) is 3.48. The molecule has 2 fully saturated rings. The number of benzene rings is 2. The van der Waals surface area contributed by atoms with Gasteiger partial charge < -0.3 is 4.90 Å². The molecule has 10 heteroatoms. The number of carbonyl (C=O) groups excluding carboxylic acids is 3. The standard InChI is InChI=1S/C20H18FN3O5S/c21-13-3-1-12(2-4-13)19(26)23(14-5-6-14)17-11-18(25)24(20(17)27)15-7-9-16(10-8-15)30(22,28)29/h1-4,7-10,14,17H,5-6,11H2,(H2,22,28,29). The number of sulfonamides is 1. The summed E-state index contributed by atoms with van der Waals surface area (Å²) >= 11 is 0. The van der Waals surface area contributed by atoms with Gasteiger partial charge in [0.25, 0.3) is 11.8 Å². The van der Waals surface area contributed by atoms with Gasteiger partial charge in [0.15, 0.2) is 0 Å². The second-order valence-electron chi connectivity index (χ2n) is 7.28. The summed E-state index contributed by atoms with van der Waals surface area (Å²) in [5, 5.41) is 5.07. The van der Waals surface area contributed by atoms with Gasteiger partial charge in [-0.3, -0.25) is 14.4 Å². The Labute approximate surface area is 172 Å². The summed E-state index contributed by atoms with van der Waals surface area (Å²) in [7, 11) is -3.91. The van der Waals surface area contributed by atoms with E-state index in [1.54, 1.807) is 0 Å². The van der Waals surface area contributed by atoms with E-state index < -0.39 is 39.6 Å². The highest BCUT2D eigenvalue weighted by Crippen LogP contribution is 2.35. The number of carbonyl (C=O) groups is 3. The molecule has 2 N–H and O–H groups in total. The van der Waals surface area contributed by atoms with Crippen LogP contribution in [0, 0.1) is 5.82 Å². The zero-order chi connectivity index (χ0) is 21.6. The molecule has 1 heterocycles. The number of nitrogens with two attached hydrogens (primary N) is 1. The van der Waals surface area contributed by atoms with Gasteiger partial charge in [0.05, 0.1) is 17.0 Å². The molecule has 1 saturated carbocycles. The third-order valence-corrected chi connectivity index (χ3v) is 6.08. The van der Waals surface area contributed by atoms with Crippen molar-refractivity contribution in [2.75, 3.05) is 4.90 Å². The van der Waals surface area contributed by atoms with Gasteiger partial charge in [0, 0.05) is 11.6 Å². The van der Waals surface area contributed by atoms with Crippen molar-refractivity contribution in [2.24, 2.45) is 5.14 Å². The van der Waals surface area contributed by atoms with Crippen molar-refractivity contribution in [3.05, 3.63) is 59.9 Å². The number of primary sulfonamides is 1. The van der Waals surface area contributed by atoms with E-state index in [1.807, 2.05) is 0 Å². The van der Waals surface area contributed by atoms with Gasteiger partial charge in [-0.15, -0.1) is 0 Å². The summed E-state index contributed by atoms with van der Waals surface area (Å²) in [4.78, 5) is 40.9. The van der Waals surface area contributed by atoms with Crippen molar-refractivity contribution in [1.29, 1.82) is 0 Å². The number of hydrogen-bond donors (Lipinski definition) is 1. The van der Waals surface area contributed by atoms with E-state index in [4.69, 9.17) is 5.14 Å². The largest absolute Gasteiger partial charge is 0.323 e. The normalized spacial score (nSPS) is 19.3. The highest BCUT2D eigenvalue weighted by molar-refractivity contribution is 7.89. The van der Waals surface area contributed by atoms with Crippen molar-refractivity contribution >= 4 is 33.4 Å². The third-order valence-electron chi connectivity index (χ3n) is 5.15. The van der Waals surface area contributed by atoms with Crippen molar-refractivity contribution in [2.45, 2.75) is 36.2 Å². The third kappa shape index (κ3) is 3.71. The predicted molar refractivity (Wildman–Crippen MR) is 104 cm³/mol.